The van der Waals surface area contributed by atoms with Crippen LogP contribution < -0.4 is 0 Å². The molecule has 0 aliphatic rings. The van der Waals surface area contributed by atoms with Gasteiger partial charge in [0.25, 0.3) is 0 Å². The van der Waals surface area contributed by atoms with Crippen molar-refractivity contribution in [2.24, 2.45) is 0 Å². The van der Waals surface area contributed by atoms with Gasteiger partial charge >= 0.3 is 17.9 Å². The average Bonchev–Trinajstić information content (AvgIpc) is 3.23. The molecule has 6 nitrogen and oxygen atoms in total. The number of esters is 3. The number of carbonyl (C=O) groups is 3. The van der Waals surface area contributed by atoms with Crippen LogP contribution >= 0.6 is 0 Å². The Labute approximate surface area is 363 Å². The van der Waals surface area contributed by atoms with E-state index in [-0.39, 0.29) is 31.1 Å². The van der Waals surface area contributed by atoms with Crippen molar-refractivity contribution in [3.05, 3.63) is 85.1 Å². The fourth-order valence-electron chi connectivity index (χ4n) is 6.23. The Morgan fingerprint density at radius 1 is 0.356 bits per heavy atom. The van der Waals surface area contributed by atoms with Crippen molar-refractivity contribution in [3.8, 4) is 0 Å². The normalized spacial score (nSPS) is 12.8. The molecule has 0 aliphatic heterocycles. The summed E-state index contributed by atoms with van der Waals surface area (Å²) < 4.78 is 16.7. The van der Waals surface area contributed by atoms with Gasteiger partial charge in [0.15, 0.2) is 6.10 Å². The third kappa shape index (κ3) is 45.5. The molecule has 1 unspecified atom stereocenters. The van der Waals surface area contributed by atoms with Crippen LogP contribution in [0.25, 0.3) is 0 Å². The molecule has 0 saturated heterocycles. The minimum atomic E-state index is -0.803. The second-order valence-corrected chi connectivity index (χ2v) is 15.6. The molecule has 1 atom stereocenters. The molecule has 0 heterocycles. The van der Waals surface area contributed by atoms with Crippen molar-refractivity contribution < 1.29 is 28.6 Å². The van der Waals surface area contributed by atoms with Gasteiger partial charge in [0.1, 0.15) is 13.2 Å². The van der Waals surface area contributed by atoms with Gasteiger partial charge in [-0.15, -0.1) is 0 Å². The van der Waals surface area contributed by atoms with Gasteiger partial charge in [-0.2, -0.15) is 0 Å². The lowest BCUT2D eigenvalue weighted by Gasteiger charge is -2.18. The first-order valence-electron chi connectivity index (χ1n) is 24.1. The summed E-state index contributed by atoms with van der Waals surface area (Å²) in [5, 5.41) is 0. The van der Waals surface area contributed by atoms with E-state index in [0.29, 0.717) is 19.3 Å². The lowest BCUT2D eigenvalue weighted by atomic mass is 10.1. The van der Waals surface area contributed by atoms with Crippen molar-refractivity contribution in [3.63, 3.8) is 0 Å². The molecule has 59 heavy (non-hydrogen) atoms. The number of allylic oxidation sites excluding steroid dienone is 14. The van der Waals surface area contributed by atoms with Crippen molar-refractivity contribution in [1.29, 1.82) is 0 Å². The first kappa shape index (κ1) is 55.6. The monoisotopic (exact) mass is 821 g/mol. The van der Waals surface area contributed by atoms with Crippen LogP contribution in [0.2, 0.25) is 0 Å². The zero-order valence-corrected chi connectivity index (χ0v) is 38.2. The fraction of sp³-hybridized carbons (Fsp3) is 0.679. The molecule has 6 heteroatoms. The molecule has 0 radical (unpaired) electrons. The fourth-order valence-corrected chi connectivity index (χ4v) is 6.23. The summed E-state index contributed by atoms with van der Waals surface area (Å²) in [4.78, 5) is 37.8. The van der Waals surface area contributed by atoms with Gasteiger partial charge in [0, 0.05) is 19.3 Å². The van der Waals surface area contributed by atoms with Crippen LogP contribution in [0.1, 0.15) is 213 Å². The SMILES string of the molecule is CC/C=C\C/C=C\C/C=C\C/C=C\CCCCC(=O)OCC(COC(=O)CCCCCCC/C=C\CCCCCC)OC(=O)CCCCCCC/C=C\C/C=C\CCC. The first-order valence-corrected chi connectivity index (χ1v) is 24.1. The van der Waals surface area contributed by atoms with E-state index in [9.17, 15) is 14.4 Å². The van der Waals surface area contributed by atoms with Crippen molar-refractivity contribution in [2.75, 3.05) is 13.2 Å². The lowest BCUT2D eigenvalue weighted by Crippen LogP contribution is -2.30. The number of hydrogen-bond acceptors (Lipinski definition) is 6. The topological polar surface area (TPSA) is 78.9 Å². The van der Waals surface area contributed by atoms with Gasteiger partial charge in [-0.05, 0) is 109 Å². The highest BCUT2D eigenvalue weighted by Gasteiger charge is 2.19. The van der Waals surface area contributed by atoms with Crippen LogP contribution in [0.4, 0.5) is 0 Å². The molecule has 0 saturated carbocycles. The molecule has 0 rings (SSSR count). The highest BCUT2D eigenvalue weighted by molar-refractivity contribution is 5.71. The van der Waals surface area contributed by atoms with Crippen molar-refractivity contribution in [2.45, 2.75) is 219 Å². The highest BCUT2D eigenvalue weighted by Crippen LogP contribution is 2.12. The molecule has 0 aliphatic carbocycles. The van der Waals surface area contributed by atoms with Crippen LogP contribution in [-0.4, -0.2) is 37.2 Å². The molecule has 0 aromatic rings. The molecule has 0 aromatic carbocycles. The van der Waals surface area contributed by atoms with E-state index in [4.69, 9.17) is 14.2 Å². The summed E-state index contributed by atoms with van der Waals surface area (Å²) in [6.07, 6.45) is 59.9. The second-order valence-electron chi connectivity index (χ2n) is 15.6. The first-order chi connectivity index (χ1) is 29.0. The van der Waals surface area contributed by atoms with Gasteiger partial charge in [0.05, 0.1) is 0 Å². The molecule has 0 fully saturated rings. The zero-order valence-electron chi connectivity index (χ0n) is 38.2. The van der Waals surface area contributed by atoms with Crippen LogP contribution in [0.15, 0.2) is 85.1 Å². The Bertz CT molecular complexity index is 1170. The Morgan fingerprint density at radius 2 is 0.695 bits per heavy atom. The van der Waals surface area contributed by atoms with Crippen LogP contribution in [0, 0.1) is 0 Å². The van der Waals surface area contributed by atoms with Gasteiger partial charge < -0.3 is 14.2 Å². The molecule has 0 bridgehead atoms. The number of rotatable bonds is 42. The van der Waals surface area contributed by atoms with Crippen LogP contribution in [0.5, 0.6) is 0 Å². The Hall–Kier alpha value is -3.41. The second kappa shape index (κ2) is 47.3. The predicted octanol–water partition coefficient (Wildman–Crippen LogP) is 15.6. The summed E-state index contributed by atoms with van der Waals surface area (Å²) in [6, 6.07) is 0. The van der Waals surface area contributed by atoms with Crippen molar-refractivity contribution >= 4 is 17.9 Å². The molecule has 0 amide bonds. The standard InChI is InChI=1S/C53H88O6/c1-4-7-10-13-16-19-22-25-26-29-31-34-37-40-43-46-52(55)58-49-50(59-53(56)47-44-41-38-35-32-28-24-21-18-15-12-9-6-3)48-57-51(54)45-42-39-36-33-30-27-23-20-17-14-11-8-5-2/h7,10,12,15-16,19-21,23-26,31,34,50H,4-6,8-9,11,13-14,17-18,22,27-30,32-33,35-49H2,1-3H3/b10-7-,15-12-,19-16-,23-20-,24-21-,26-25-,34-31-. The van der Waals surface area contributed by atoms with Crippen LogP contribution in [0.3, 0.4) is 0 Å². The Kier molecular flexibility index (Phi) is 44.5. The van der Waals surface area contributed by atoms with E-state index in [1.54, 1.807) is 0 Å². The molecule has 0 aromatic heterocycles. The number of unbranched alkanes of at least 4 members (excludes halogenated alkanes) is 17. The minimum absolute atomic E-state index is 0.101. The average molecular weight is 821 g/mol. The van der Waals surface area contributed by atoms with Gasteiger partial charge in [-0.3, -0.25) is 14.4 Å². The third-order valence-electron chi connectivity index (χ3n) is 9.83. The van der Waals surface area contributed by atoms with E-state index in [0.717, 1.165) is 128 Å². The maximum absolute atomic E-state index is 12.7. The highest BCUT2D eigenvalue weighted by atomic mass is 16.6. The summed E-state index contributed by atoms with van der Waals surface area (Å²) in [5.74, 6) is -0.972. The molecule has 0 N–H and O–H groups in total. The maximum Gasteiger partial charge on any atom is 0.306 e. The van der Waals surface area contributed by atoms with E-state index in [1.807, 2.05) is 0 Å². The third-order valence-corrected chi connectivity index (χ3v) is 9.83. The van der Waals surface area contributed by atoms with Gasteiger partial charge in [0.2, 0.25) is 0 Å². The summed E-state index contributed by atoms with van der Waals surface area (Å²) in [5.41, 5.74) is 0. The molecular weight excluding hydrogens is 733 g/mol. The van der Waals surface area contributed by atoms with E-state index in [2.05, 4.69) is 106 Å². The maximum atomic E-state index is 12.7. The van der Waals surface area contributed by atoms with Gasteiger partial charge in [-0.25, -0.2) is 0 Å². The van der Waals surface area contributed by atoms with Gasteiger partial charge in [-0.1, -0.05) is 170 Å². The molecule has 0 spiro atoms. The van der Waals surface area contributed by atoms with Crippen LogP contribution in [-0.2, 0) is 28.6 Å². The zero-order chi connectivity index (χ0) is 43.0. The summed E-state index contributed by atoms with van der Waals surface area (Å²) in [7, 11) is 0. The lowest BCUT2D eigenvalue weighted by molar-refractivity contribution is -0.167. The predicted molar refractivity (Wildman–Crippen MR) is 251 cm³/mol. The molecule has 336 valence electrons. The summed E-state index contributed by atoms with van der Waals surface area (Å²) >= 11 is 0. The molecular formula is C53H88O6. The quantitative estimate of drug-likeness (QED) is 0.0264. The van der Waals surface area contributed by atoms with E-state index in [1.165, 1.54) is 44.9 Å². The number of carbonyl (C=O) groups excluding carboxylic acids is 3. The van der Waals surface area contributed by atoms with E-state index >= 15 is 0 Å². The van der Waals surface area contributed by atoms with Crippen molar-refractivity contribution in [1.82, 2.24) is 0 Å². The van der Waals surface area contributed by atoms with E-state index < -0.39 is 6.10 Å². The minimum Gasteiger partial charge on any atom is -0.462 e. The Morgan fingerprint density at radius 3 is 1.15 bits per heavy atom. The smallest absolute Gasteiger partial charge is 0.306 e. The number of hydrogen-bond donors (Lipinski definition) is 0. The number of ether oxygens (including phenoxy) is 3. The summed E-state index contributed by atoms with van der Waals surface area (Å²) in [6.45, 7) is 6.37. The Balaban J connectivity index is 4.50. The largest absolute Gasteiger partial charge is 0.462 e.